The van der Waals surface area contributed by atoms with Gasteiger partial charge in [0.1, 0.15) is 6.33 Å². The molecule has 0 spiro atoms. The molecule has 8 nitrogen and oxygen atoms in total. The maximum atomic E-state index is 13.1. The van der Waals surface area contributed by atoms with Gasteiger partial charge in [0.05, 0.1) is 28.6 Å². The van der Waals surface area contributed by atoms with Crippen molar-refractivity contribution in [2.45, 2.75) is 19.5 Å². The van der Waals surface area contributed by atoms with Crippen molar-refractivity contribution in [3.8, 4) is 11.4 Å². The summed E-state index contributed by atoms with van der Waals surface area (Å²) in [5.41, 5.74) is 3.92. The maximum absolute atomic E-state index is 13.1. The second-order valence-corrected chi connectivity index (χ2v) is 7.11. The summed E-state index contributed by atoms with van der Waals surface area (Å²) in [4.78, 5) is 27.5. The maximum Gasteiger partial charge on any atom is 0.275 e. The third-order valence-corrected chi connectivity index (χ3v) is 5.28. The Bertz CT molecular complexity index is 1180. The highest BCUT2D eigenvalue weighted by Crippen LogP contribution is 2.32. The Labute approximate surface area is 165 Å². The standard InChI is InChI=1S/C19H16ClN7O/c1-12-16-2-3-17(14-4-5-21-11-23-14)26(16)7-6-25(12)19(28)15-8-18-22-9-13(20)10-27(18)24-15/h2-5,8-12H,6-7H2,1H3. The van der Waals surface area contributed by atoms with Crippen molar-refractivity contribution in [3.63, 3.8) is 0 Å². The molecular weight excluding hydrogens is 378 g/mol. The van der Waals surface area contributed by atoms with E-state index in [1.54, 1.807) is 24.8 Å². The summed E-state index contributed by atoms with van der Waals surface area (Å²) in [6.07, 6.45) is 6.45. The Morgan fingerprint density at radius 3 is 2.93 bits per heavy atom. The molecule has 1 unspecified atom stereocenters. The van der Waals surface area contributed by atoms with Gasteiger partial charge in [-0.3, -0.25) is 4.79 Å². The van der Waals surface area contributed by atoms with E-state index in [4.69, 9.17) is 11.6 Å². The topological polar surface area (TPSA) is 81.2 Å². The molecule has 5 rings (SSSR count). The van der Waals surface area contributed by atoms with E-state index in [1.165, 1.54) is 10.7 Å². The van der Waals surface area contributed by atoms with E-state index in [1.807, 2.05) is 30.0 Å². The lowest BCUT2D eigenvalue weighted by molar-refractivity contribution is 0.0638. The molecule has 1 amide bonds. The first-order chi connectivity index (χ1) is 13.6. The SMILES string of the molecule is CC1c2ccc(-c3ccncn3)n2CCN1C(=O)c1cc2ncc(Cl)cn2n1. The van der Waals surface area contributed by atoms with Gasteiger partial charge in [-0.05, 0) is 25.1 Å². The fourth-order valence-corrected chi connectivity index (χ4v) is 3.85. The zero-order chi connectivity index (χ0) is 19.3. The highest BCUT2D eigenvalue weighted by Gasteiger charge is 2.31. The second-order valence-electron chi connectivity index (χ2n) is 6.67. The number of rotatable bonds is 2. The Balaban J connectivity index is 1.46. The number of carbonyl (C=O) groups excluding carboxylic acids is 1. The number of hydrogen-bond acceptors (Lipinski definition) is 5. The van der Waals surface area contributed by atoms with Crippen LogP contribution >= 0.6 is 11.6 Å². The summed E-state index contributed by atoms with van der Waals surface area (Å²) in [5, 5.41) is 4.82. The molecule has 0 aromatic carbocycles. The van der Waals surface area contributed by atoms with Crippen LogP contribution in [0.3, 0.4) is 0 Å². The molecule has 0 N–H and O–H groups in total. The van der Waals surface area contributed by atoms with E-state index < -0.39 is 0 Å². The quantitative estimate of drug-likeness (QED) is 0.523. The van der Waals surface area contributed by atoms with Crippen LogP contribution in [0.4, 0.5) is 0 Å². The minimum Gasteiger partial charge on any atom is -0.340 e. The van der Waals surface area contributed by atoms with Gasteiger partial charge in [0, 0.05) is 37.2 Å². The molecule has 4 aromatic heterocycles. The zero-order valence-corrected chi connectivity index (χ0v) is 15.8. The fraction of sp³-hybridized carbons (Fsp3) is 0.211. The number of hydrogen-bond donors (Lipinski definition) is 0. The van der Waals surface area contributed by atoms with Crippen LogP contribution in [0, 0.1) is 0 Å². The van der Waals surface area contributed by atoms with Crippen molar-refractivity contribution >= 4 is 23.2 Å². The normalized spacial score (nSPS) is 16.4. The molecule has 9 heteroatoms. The minimum atomic E-state index is -0.120. The van der Waals surface area contributed by atoms with E-state index in [-0.39, 0.29) is 11.9 Å². The average Bonchev–Trinajstić information content (AvgIpc) is 3.32. The summed E-state index contributed by atoms with van der Waals surface area (Å²) in [6.45, 7) is 3.30. The molecule has 1 atom stereocenters. The van der Waals surface area contributed by atoms with Gasteiger partial charge in [0.25, 0.3) is 5.91 Å². The monoisotopic (exact) mass is 393 g/mol. The van der Waals surface area contributed by atoms with E-state index in [2.05, 4.69) is 24.6 Å². The Kier molecular flexibility index (Phi) is 3.87. The molecule has 1 aliphatic heterocycles. The number of halogens is 1. The van der Waals surface area contributed by atoms with Gasteiger partial charge in [-0.1, -0.05) is 11.6 Å². The molecule has 0 bridgehead atoms. The molecule has 5 heterocycles. The highest BCUT2D eigenvalue weighted by molar-refractivity contribution is 6.30. The van der Waals surface area contributed by atoms with Crippen molar-refractivity contribution < 1.29 is 4.79 Å². The van der Waals surface area contributed by atoms with Crippen LogP contribution in [0.25, 0.3) is 17.0 Å². The largest absolute Gasteiger partial charge is 0.340 e. The third kappa shape index (κ3) is 2.65. The Hall–Kier alpha value is -3.26. The van der Waals surface area contributed by atoms with Gasteiger partial charge >= 0.3 is 0 Å². The lowest BCUT2D eigenvalue weighted by Crippen LogP contribution is -2.41. The molecule has 1 aliphatic rings. The molecular formula is C19H16ClN7O. The summed E-state index contributed by atoms with van der Waals surface area (Å²) >= 11 is 5.96. The molecule has 0 radical (unpaired) electrons. The predicted molar refractivity (Wildman–Crippen MR) is 103 cm³/mol. The summed E-state index contributed by atoms with van der Waals surface area (Å²) in [5.74, 6) is -0.120. The van der Waals surface area contributed by atoms with Gasteiger partial charge in [0.2, 0.25) is 0 Å². The van der Waals surface area contributed by atoms with Crippen LogP contribution in [0.1, 0.15) is 29.1 Å². The molecule has 28 heavy (non-hydrogen) atoms. The molecule has 4 aromatic rings. The van der Waals surface area contributed by atoms with Gasteiger partial charge < -0.3 is 9.47 Å². The van der Waals surface area contributed by atoms with Crippen molar-refractivity contribution in [3.05, 3.63) is 65.6 Å². The number of carbonyl (C=O) groups is 1. The van der Waals surface area contributed by atoms with Crippen LogP contribution in [0.5, 0.6) is 0 Å². The Morgan fingerprint density at radius 2 is 2.11 bits per heavy atom. The lowest BCUT2D eigenvalue weighted by atomic mass is 10.1. The van der Waals surface area contributed by atoms with Crippen LogP contribution in [0.2, 0.25) is 5.02 Å². The van der Waals surface area contributed by atoms with Crippen molar-refractivity contribution in [1.82, 2.24) is 34.0 Å². The molecule has 140 valence electrons. The lowest BCUT2D eigenvalue weighted by Gasteiger charge is -2.35. The Morgan fingerprint density at radius 1 is 1.21 bits per heavy atom. The predicted octanol–water partition coefficient (Wildman–Crippen LogP) is 2.86. The van der Waals surface area contributed by atoms with Crippen LogP contribution < -0.4 is 0 Å². The number of aromatic nitrogens is 6. The first-order valence-corrected chi connectivity index (χ1v) is 9.27. The van der Waals surface area contributed by atoms with Crippen molar-refractivity contribution in [2.24, 2.45) is 0 Å². The van der Waals surface area contributed by atoms with Gasteiger partial charge in [-0.15, -0.1) is 0 Å². The van der Waals surface area contributed by atoms with Crippen LogP contribution in [-0.4, -0.2) is 46.5 Å². The van der Waals surface area contributed by atoms with E-state index >= 15 is 0 Å². The molecule has 0 saturated carbocycles. The van der Waals surface area contributed by atoms with Gasteiger partial charge in [-0.2, -0.15) is 5.10 Å². The summed E-state index contributed by atoms with van der Waals surface area (Å²) in [6, 6.07) is 7.58. The van der Waals surface area contributed by atoms with Crippen LogP contribution in [-0.2, 0) is 6.54 Å². The minimum absolute atomic E-state index is 0.0850. The molecule has 0 aliphatic carbocycles. The van der Waals surface area contributed by atoms with Gasteiger partial charge in [0.15, 0.2) is 11.3 Å². The zero-order valence-electron chi connectivity index (χ0n) is 15.0. The van der Waals surface area contributed by atoms with Gasteiger partial charge in [-0.25, -0.2) is 19.5 Å². The van der Waals surface area contributed by atoms with E-state index in [0.717, 1.165) is 17.1 Å². The number of nitrogens with zero attached hydrogens (tertiary/aromatic N) is 7. The van der Waals surface area contributed by atoms with E-state index in [0.29, 0.717) is 29.5 Å². The molecule has 0 fully saturated rings. The van der Waals surface area contributed by atoms with E-state index in [9.17, 15) is 4.79 Å². The van der Waals surface area contributed by atoms with Crippen LogP contribution in [0.15, 0.2) is 49.2 Å². The second kappa shape index (κ2) is 6.42. The van der Waals surface area contributed by atoms with Crippen molar-refractivity contribution in [1.29, 1.82) is 0 Å². The van der Waals surface area contributed by atoms with Crippen molar-refractivity contribution in [2.75, 3.05) is 6.54 Å². The summed E-state index contributed by atoms with van der Waals surface area (Å²) < 4.78 is 3.74. The fourth-order valence-electron chi connectivity index (χ4n) is 3.71. The summed E-state index contributed by atoms with van der Waals surface area (Å²) in [7, 11) is 0. The number of fused-ring (bicyclic) bond motifs is 2. The highest BCUT2D eigenvalue weighted by atomic mass is 35.5. The molecule has 0 saturated heterocycles. The first-order valence-electron chi connectivity index (χ1n) is 8.89. The first kappa shape index (κ1) is 16.9. The third-order valence-electron chi connectivity index (χ3n) is 5.08. The average molecular weight is 394 g/mol. The smallest absolute Gasteiger partial charge is 0.275 e. The number of amides is 1.